The monoisotopic (exact) mass is 355 g/mol. The number of nitrogens with one attached hydrogen (secondary N) is 1. The summed E-state index contributed by atoms with van der Waals surface area (Å²) in [6, 6.07) is 9.78. The molecular formula is C19H21N3O4. The molecule has 1 fully saturated rings. The van der Waals surface area contributed by atoms with Crippen molar-refractivity contribution in [2.24, 2.45) is 0 Å². The van der Waals surface area contributed by atoms with E-state index >= 15 is 0 Å². The van der Waals surface area contributed by atoms with E-state index in [0.717, 1.165) is 37.7 Å². The van der Waals surface area contributed by atoms with Gasteiger partial charge in [-0.25, -0.2) is 4.98 Å². The molecule has 0 unspecified atom stereocenters. The molecule has 1 aliphatic carbocycles. The molecule has 7 heteroatoms. The van der Waals surface area contributed by atoms with Crippen molar-refractivity contribution in [1.82, 2.24) is 4.98 Å². The molecule has 1 aromatic heterocycles. The number of non-ortho nitro benzene ring substituents is 1. The lowest BCUT2D eigenvalue weighted by atomic mass is 9.68. The van der Waals surface area contributed by atoms with E-state index in [1.54, 1.807) is 30.5 Å². The number of carbonyl (C=O) groups is 1. The molecule has 1 heterocycles. The smallest absolute Gasteiger partial charge is 0.269 e. The summed E-state index contributed by atoms with van der Waals surface area (Å²) < 4.78 is 5.03. The summed E-state index contributed by atoms with van der Waals surface area (Å²) in [5.41, 5.74) is 0.775. The third-order valence-corrected chi connectivity index (χ3v) is 4.98. The number of hydrogen-bond donors (Lipinski definition) is 1. The largest absolute Gasteiger partial charge is 0.481 e. The molecule has 1 saturated carbocycles. The van der Waals surface area contributed by atoms with Gasteiger partial charge >= 0.3 is 0 Å². The number of amides is 1. The van der Waals surface area contributed by atoms with E-state index < -0.39 is 10.3 Å². The average molecular weight is 355 g/mol. The Morgan fingerprint density at radius 2 is 1.85 bits per heavy atom. The second-order valence-corrected chi connectivity index (χ2v) is 6.49. The second kappa shape index (κ2) is 7.51. The summed E-state index contributed by atoms with van der Waals surface area (Å²) in [4.78, 5) is 27.7. The van der Waals surface area contributed by atoms with Gasteiger partial charge in [0.2, 0.25) is 11.8 Å². The Hall–Kier alpha value is -2.96. The fraction of sp³-hybridized carbons (Fsp3) is 0.368. The molecule has 1 amide bonds. The van der Waals surface area contributed by atoms with Gasteiger partial charge in [-0.2, -0.15) is 0 Å². The average Bonchev–Trinajstić information content (AvgIpc) is 2.69. The van der Waals surface area contributed by atoms with E-state index in [0.29, 0.717) is 11.6 Å². The van der Waals surface area contributed by atoms with Crippen molar-refractivity contribution in [3.63, 3.8) is 0 Å². The summed E-state index contributed by atoms with van der Waals surface area (Å²) in [5.74, 6) is 0.378. The standard InChI is InChI=1S/C19H21N3O4/c1-26-17-10-7-15(13-20-17)21-18(23)19(11-3-2-4-12-19)14-5-8-16(9-6-14)22(24)25/h5-10,13H,2-4,11-12H2,1H3,(H,21,23). The lowest BCUT2D eigenvalue weighted by molar-refractivity contribution is -0.384. The molecule has 2 aromatic rings. The normalized spacial score (nSPS) is 15.9. The Labute approximate surface area is 151 Å². The zero-order valence-electron chi connectivity index (χ0n) is 14.6. The number of anilines is 1. The predicted molar refractivity (Wildman–Crippen MR) is 97.3 cm³/mol. The van der Waals surface area contributed by atoms with Crippen LogP contribution < -0.4 is 10.1 Å². The second-order valence-electron chi connectivity index (χ2n) is 6.49. The van der Waals surface area contributed by atoms with Crippen molar-refractivity contribution in [3.8, 4) is 5.88 Å². The number of methoxy groups -OCH3 is 1. The van der Waals surface area contributed by atoms with Gasteiger partial charge in [-0.1, -0.05) is 31.4 Å². The number of carbonyl (C=O) groups excluding carboxylic acids is 1. The first-order valence-electron chi connectivity index (χ1n) is 8.61. The summed E-state index contributed by atoms with van der Waals surface area (Å²) >= 11 is 0. The van der Waals surface area contributed by atoms with Crippen LogP contribution in [0.5, 0.6) is 5.88 Å². The lowest BCUT2D eigenvalue weighted by Gasteiger charge is -2.36. The quantitative estimate of drug-likeness (QED) is 0.649. The highest BCUT2D eigenvalue weighted by molar-refractivity contribution is 5.99. The molecular weight excluding hydrogens is 334 g/mol. The van der Waals surface area contributed by atoms with Crippen molar-refractivity contribution < 1.29 is 14.5 Å². The molecule has 0 radical (unpaired) electrons. The Balaban J connectivity index is 1.88. The van der Waals surface area contributed by atoms with Crippen LogP contribution in [0, 0.1) is 10.1 Å². The molecule has 1 aromatic carbocycles. The van der Waals surface area contributed by atoms with Crippen LogP contribution in [0.3, 0.4) is 0 Å². The number of nitro groups is 1. The van der Waals surface area contributed by atoms with Gasteiger partial charge in [0.1, 0.15) is 0 Å². The number of nitro benzene ring substituents is 1. The van der Waals surface area contributed by atoms with Crippen molar-refractivity contribution in [3.05, 3.63) is 58.3 Å². The fourth-order valence-electron chi connectivity index (χ4n) is 3.53. The Morgan fingerprint density at radius 3 is 2.38 bits per heavy atom. The van der Waals surface area contributed by atoms with Crippen LogP contribution in [0.15, 0.2) is 42.6 Å². The van der Waals surface area contributed by atoms with E-state index in [9.17, 15) is 14.9 Å². The van der Waals surface area contributed by atoms with Crippen LogP contribution in [-0.4, -0.2) is 22.9 Å². The van der Waals surface area contributed by atoms with Gasteiger partial charge in [-0.05, 0) is 24.5 Å². The first-order chi connectivity index (χ1) is 12.5. The van der Waals surface area contributed by atoms with Gasteiger partial charge < -0.3 is 10.1 Å². The van der Waals surface area contributed by atoms with Gasteiger partial charge in [0.05, 0.1) is 29.3 Å². The fourth-order valence-corrected chi connectivity index (χ4v) is 3.53. The summed E-state index contributed by atoms with van der Waals surface area (Å²) in [6.07, 6.45) is 5.99. The van der Waals surface area contributed by atoms with E-state index in [-0.39, 0.29) is 11.6 Å². The van der Waals surface area contributed by atoms with Crippen molar-refractivity contribution in [1.29, 1.82) is 0 Å². The van der Waals surface area contributed by atoms with E-state index in [1.165, 1.54) is 19.2 Å². The first kappa shape index (κ1) is 17.8. The summed E-state index contributed by atoms with van der Waals surface area (Å²) in [7, 11) is 1.53. The third kappa shape index (κ3) is 3.51. The van der Waals surface area contributed by atoms with Gasteiger partial charge in [-0.3, -0.25) is 14.9 Å². The number of pyridine rings is 1. The Bertz CT molecular complexity index is 781. The molecule has 3 rings (SSSR count). The molecule has 1 aliphatic rings. The zero-order valence-corrected chi connectivity index (χ0v) is 14.6. The summed E-state index contributed by atoms with van der Waals surface area (Å²) in [6.45, 7) is 0. The molecule has 26 heavy (non-hydrogen) atoms. The maximum Gasteiger partial charge on any atom is 0.269 e. The van der Waals surface area contributed by atoms with Gasteiger partial charge in [0.25, 0.3) is 5.69 Å². The number of nitrogens with zero attached hydrogens (tertiary/aromatic N) is 2. The molecule has 0 atom stereocenters. The lowest BCUT2D eigenvalue weighted by Crippen LogP contribution is -2.42. The maximum atomic E-state index is 13.2. The molecule has 136 valence electrons. The highest BCUT2D eigenvalue weighted by Gasteiger charge is 2.41. The first-order valence-corrected chi connectivity index (χ1v) is 8.61. The number of rotatable bonds is 5. The minimum Gasteiger partial charge on any atom is -0.481 e. The van der Waals surface area contributed by atoms with Crippen LogP contribution in [0.2, 0.25) is 0 Å². The molecule has 1 N–H and O–H groups in total. The highest BCUT2D eigenvalue weighted by Crippen LogP contribution is 2.41. The maximum absolute atomic E-state index is 13.2. The van der Waals surface area contributed by atoms with E-state index in [4.69, 9.17) is 4.74 Å². The van der Waals surface area contributed by atoms with Crippen molar-refractivity contribution in [2.75, 3.05) is 12.4 Å². The number of benzene rings is 1. The van der Waals surface area contributed by atoms with Crippen LogP contribution in [0.25, 0.3) is 0 Å². The SMILES string of the molecule is COc1ccc(NC(=O)C2(c3ccc([N+](=O)[O-])cc3)CCCCC2)cn1. The van der Waals surface area contributed by atoms with E-state index in [1.807, 2.05) is 0 Å². The minimum atomic E-state index is -0.673. The molecule has 7 nitrogen and oxygen atoms in total. The number of ether oxygens (including phenoxy) is 1. The molecule has 0 aliphatic heterocycles. The number of aromatic nitrogens is 1. The van der Waals surface area contributed by atoms with Gasteiger partial charge in [0, 0.05) is 18.2 Å². The summed E-state index contributed by atoms with van der Waals surface area (Å²) in [5, 5.41) is 13.9. The zero-order chi connectivity index (χ0) is 18.6. The van der Waals surface area contributed by atoms with Crippen molar-refractivity contribution in [2.45, 2.75) is 37.5 Å². The topological polar surface area (TPSA) is 94.4 Å². The molecule has 0 bridgehead atoms. The Kier molecular flexibility index (Phi) is 5.16. The molecule has 0 saturated heterocycles. The van der Waals surface area contributed by atoms with E-state index in [2.05, 4.69) is 10.3 Å². The van der Waals surface area contributed by atoms with Gasteiger partial charge in [-0.15, -0.1) is 0 Å². The number of hydrogen-bond acceptors (Lipinski definition) is 5. The van der Waals surface area contributed by atoms with Crippen molar-refractivity contribution >= 4 is 17.3 Å². The van der Waals surface area contributed by atoms with Crippen LogP contribution in [0.1, 0.15) is 37.7 Å². The Morgan fingerprint density at radius 1 is 1.15 bits per heavy atom. The third-order valence-electron chi connectivity index (χ3n) is 4.98. The van der Waals surface area contributed by atoms with Crippen LogP contribution >= 0.6 is 0 Å². The van der Waals surface area contributed by atoms with Crippen LogP contribution in [-0.2, 0) is 10.2 Å². The molecule has 0 spiro atoms. The van der Waals surface area contributed by atoms with Gasteiger partial charge in [0.15, 0.2) is 0 Å². The minimum absolute atomic E-state index is 0.0273. The highest BCUT2D eigenvalue weighted by atomic mass is 16.6. The van der Waals surface area contributed by atoms with Crippen LogP contribution in [0.4, 0.5) is 11.4 Å². The predicted octanol–water partition coefficient (Wildman–Crippen LogP) is 3.84.